The summed E-state index contributed by atoms with van der Waals surface area (Å²) < 4.78 is 5.09. The van der Waals surface area contributed by atoms with Gasteiger partial charge in [-0.1, -0.05) is 19.0 Å². The van der Waals surface area contributed by atoms with Crippen LogP contribution in [0, 0.1) is 12.3 Å². The molecule has 1 unspecified atom stereocenters. The lowest BCUT2D eigenvalue weighted by Gasteiger charge is -2.35. The average molecular weight is 255 g/mol. The van der Waals surface area contributed by atoms with E-state index in [9.17, 15) is 0 Å². The van der Waals surface area contributed by atoms with Gasteiger partial charge in [-0.2, -0.15) is 16.7 Å². The van der Waals surface area contributed by atoms with Crippen molar-refractivity contribution in [2.24, 2.45) is 5.41 Å². The van der Waals surface area contributed by atoms with Crippen molar-refractivity contribution >= 4 is 11.8 Å². The summed E-state index contributed by atoms with van der Waals surface area (Å²) in [5.41, 5.74) is 0.460. The lowest BCUT2D eigenvalue weighted by molar-refractivity contribution is 0.314. The zero-order chi connectivity index (χ0) is 12.3. The van der Waals surface area contributed by atoms with Gasteiger partial charge in [-0.15, -0.1) is 0 Å². The Kier molecular flexibility index (Phi) is 4.09. The molecule has 1 aromatic rings. The van der Waals surface area contributed by atoms with E-state index in [1.807, 2.05) is 18.7 Å². The summed E-state index contributed by atoms with van der Waals surface area (Å²) in [5, 5.41) is 7.37. The molecule has 1 aromatic heterocycles. The van der Waals surface area contributed by atoms with Gasteiger partial charge in [0.1, 0.15) is 0 Å². The number of aryl methyl sites for hydroxylation is 1. The van der Waals surface area contributed by atoms with Crippen LogP contribution in [0.3, 0.4) is 0 Å². The van der Waals surface area contributed by atoms with Crippen molar-refractivity contribution in [2.75, 3.05) is 18.1 Å². The van der Waals surface area contributed by atoms with Crippen LogP contribution in [0.2, 0.25) is 0 Å². The van der Waals surface area contributed by atoms with Crippen LogP contribution in [-0.4, -0.2) is 34.2 Å². The third kappa shape index (κ3) is 4.00. The van der Waals surface area contributed by atoms with Crippen molar-refractivity contribution in [3.05, 3.63) is 11.7 Å². The normalized spacial score (nSPS) is 23.8. The molecule has 0 spiro atoms. The maximum Gasteiger partial charge on any atom is 0.227 e. The van der Waals surface area contributed by atoms with Gasteiger partial charge in [-0.25, -0.2) is 0 Å². The molecule has 0 saturated carbocycles. The van der Waals surface area contributed by atoms with Gasteiger partial charge in [0.15, 0.2) is 5.82 Å². The Hall–Kier alpha value is -0.550. The molecule has 17 heavy (non-hydrogen) atoms. The van der Waals surface area contributed by atoms with Crippen molar-refractivity contribution in [2.45, 2.75) is 39.7 Å². The van der Waals surface area contributed by atoms with E-state index in [-0.39, 0.29) is 0 Å². The Morgan fingerprint density at radius 2 is 2.35 bits per heavy atom. The van der Waals surface area contributed by atoms with Gasteiger partial charge < -0.3 is 9.84 Å². The molecular formula is C12H21N3OS. The van der Waals surface area contributed by atoms with Crippen LogP contribution in [0.5, 0.6) is 0 Å². The Bertz CT molecular complexity index is 364. The first-order valence-corrected chi connectivity index (χ1v) is 7.31. The van der Waals surface area contributed by atoms with Crippen LogP contribution in [0.4, 0.5) is 0 Å². The molecule has 0 radical (unpaired) electrons. The highest BCUT2D eigenvalue weighted by molar-refractivity contribution is 7.99. The highest BCUT2D eigenvalue weighted by Gasteiger charge is 2.27. The third-order valence-electron chi connectivity index (χ3n) is 2.95. The number of nitrogens with zero attached hydrogens (tertiary/aromatic N) is 2. The molecule has 0 bridgehead atoms. The van der Waals surface area contributed by atoms with Crippen molar-refractivity contribution in [1.82, 2.24) is 15.5 Å². The van der Waals surface area contributed by atoms with E-state index in [2.05, 4.69) is 29.3 Å². The monoisotopic (exact) mass is 255 g/mol. The van der Waals surface area contributed by atoms with E-state index < -0.39 is 0 Å². The maximum absolute atomic E-state index is 5.09. The Labute approximate surface area is 107 Å². The molecular weight excluding hydrogens is 234 g/mol. The first-order chi connectivity index (χ1) is 8.05. The van der Waals surface area contributed by atoms with E-state index in [1.165, 1.54) is 17.9 Å². The predicted molar refractivity (Wildman–Crippen MR) is 70.3 cm³/mol. The number of hydrogen-bond acceptors (Lipinski definition) is 5. The fourth-order valence-electron chi connectivity index (χ4n) is 2.22. The van der Waals surface area contributed by atoms with E-state index in [1.54, 1.807) is 0 Å². The van der Waals surface area contributed by atoms with E-state index in [0.717, 1.165) is 18.9 Å². The number of rotatable bonds is 4. The highest BCUT2D eigenvalue weighted by atomic mass is 32.2. The SMILES string of the molecule is Cc1noc(CCNC2CSCC(C)(C)C2)n1. The lowest BCUT2D eigenvalue weighted by Crippen LogP contribution is -2.41. The second-order valence-corrected chi connectivity index (χ2v) is 6.55. The Balaban J connectivity index is 1.71. The van der Waals surface area contributed by atoms with Crippen LogP contribution in [0.1, 0.15) is 32.0 Å². The molecule has 4 nitrogen and oxygen atoms in total. The smallest absolute Gasteiger partial charge is 0.227 e. The molecule has 0 amide bonds. The van der Waals surface area contributed by atoms with E-state index >= 15 is 0 Å². The van der Waals surface area contributed by atoms with Crippen LogP contribution in [0.25, 0.3) is 0 Å². The first kappa shape index (κ1) is 12.9. The maximum atomic E-state index is 5.09. The second-order valence-electron chi connectivity index (χ2n) is 5.52. The standard InChI is InChI=1S/C12H21N3OS/c1-9-14-11(16-15-9)4-5-13-10-6-12(2,3)8-17-7-10/h10,13H,4-8H2,1-3H3. The lowest BCUT2D eigenvalue weighted by atomic mass is 9.88. The summed E-state index contributed by atoms with van der Waals surface area (Å²) in [6.45, 7) is 7.45. The van der Waals surface area contributed by atoms with Crippen LogP contribution < -0.4 is 5.32 Å². The minimum absolute atomic E-state index is 0.460. The summed E-state index contributed by atoms with van der Waals surface area (Å²) >= 11 is 2.05. The van der Waals surface area contributed by atoms with Crippen molar-refractivity contribution in [1.29, 1.82) is 0 Å². The van der Waals surface area contributed by atoms with Crippen LogP contribution >= 0.6 is 11.8 Å². The topological polar surface area (TPSA) is 51.0 Å². The van der Waals surface area contributed by atoms with Gasteiger partial charge in [0, 0.05) is 24.8 Å². The molecule has 96 valence electrons. The summed E-state index contributed by atoms with van der Waals surface area (Å²) in [5.74, 6) is 3.94. The zero-order valence-corrected chi connectivity index (χ0v) is 11.6. The zero-order valence-electron chi connectivity index (χ0n) is 10.8. The summed E-state index contributed by atoms with van der Waals surface area (Å²) in [4.78, 5) is 4.20. The predicted octanol–water partition coefficient (Wildman–Crippen LogP) is 2.04. The van der Waals surface area contributed by atoms with Crippen molar-refractivity contribution < 1.29 is 4.52 Å². The average Bonchev–Trinajstić information content (AvgIpc) is 2.63. The molecule has 0 aliphatic carbocycles. The number of nitrogens with one attached hydrogen (secondary N) is 1. The van der Waals surface area contributed by atoms with Crippen LogP contribution in [0.15, 0.2) is 4.52 Å². The van der Waals surface area contributed by atoms with Crippen LogP contribution in [-0.2, 0) is 6.42 Å². The van der Waals surface area contributed by atoms with Gasteiger partial charge >= 0.3 is 0 Å². The molecule has 1 aliphatic heterocycles. The van der Waals surface area contributed by atoms with Crippen molar-refractivity contribution in [3.8, 4) is 0 Å². The molecule has 1 N–H and O–H groups in total. The molecule has 2 rings (SSSR count). The number of thioether (sulfide) groups is 1. The Morgan fingerprint density at radius 1 is 1.53 bits per heavy atom. The van der Waals surface area contributed by atoms with Gasteiger partial charge in [0.05, 0.1) is 0 Å². The first-order valence-electron chi connectivity index (χ1n) is 6.15. The molecule has 2 heterocycles. The van der Waals surface area contributed by atoms with E-state index in [4.69, 9.17) is 4.52 Å². The van der Waals surface area contributed by atoms with E-state index in [0.29, 0.717) is 17.3 Å². The van der Waals surface area contributed by atoms with Gasteiger partial charge in [0.2, 0.25) is 5.89 Å². The molecule has 5 heteroatoms. The summed E-state index contributed by atoms with van der Waals surface area (Å²) in [7, 11) is 0. The third-order valence-corrected chi connectivity index (χ3v) is 4.58. The number of hydrogen-bond donors (Lipinski definition) is 1. The van der Waals surface area contributed by atoms with Crippen molar-refractivity contribution in [3.63, 3.8) is 0 Å². The molecule has 0 aromatic carbocycles. The van der Waals surface area contributed by atoms with Gasteiger partial charge in [-0.3, -0.25) is 0 Å². The van der Waals surface area contributed by atoms with Gasteiger partial charge in [0.25, 0.3) is 0 Å². The molecule has 1 aliphatic rings. The molecule has 1 atom stereocenters. The summed E-state index contributed by atoms with van der Waals surface area (Å²) in [6, 6.07) is 0.618. The molecule has 1 saturated heterocycles. The van der Waals surface area contributed by atoms with Gasteiger partial charge in [-0.05, 0) is 24.5 Å². The largest absolute Gasteiger partial charge is 0.339 e. The second kappa shape index (κ2) is 5.40. The molecule has 1 fully saturated rings. The fraction of sp³-hybridized carbons (Fsp3) is 0.833. The summed E-state index contributed by atoms with van der Waals surface area (Å²) in [6.07, 6.45) is 2.07. The minimum atomic E-state index is 0.460. The highest BCUT2D eigenvalue weighted by Crippen LogP contribution is 2.33. The minimum Gasteiger partial charge on any atom is -0.339 e. The number of aromatic nitrogens is 2. The fourth-order valence-corrected chi connectivity index (χ4v) is 3.53. The quantitative estimate of drug-likeness (QED) is 0.892. The Morgan fingerprint density at radius 3 is 3.00 bits per heavy atom.